The van der Waals surface area contributed by atoms with Crippen LogP contribution in [0.15, 0.2) is 53.4 Å². The fourth-order valence-electron chi connectivity index (χ4n) is 3.09. The maximum absolute atomic E-state index is 12.7. The topological polar surface area (TPSA) is 98.8 Å². The Morgan fingerprint density at radius 3 is 2.52 bits per heavy atom. The van der Waals surface area contributed by atoms with Crippen molar-refractivity contribution in [2.24, 2.45) is 0 Å². The maximum Gasteiger partial charge on any atom is 0.340 e. The Bertz CT molecular complexity index is 1040. The number of nitrogens with one attached hydrogen (secondary N) is 1. The number of amides is 1. The zero-order chi connectivity index (χ0) is 22.4. The fourth-order valence-corrected chi connectivity index (χ4v) is 6.71. The van der Waals surface area contributed by atoms with Gasteiger partial charge in [0.25, 0.3) is 5.91 Å². The highest BCUT2D eigenvalue weighted by Gasteiger charge is 2.30. The second-order valence-corrected chi connectivity index (χ2v) is 10.7. The molecule has 7 nitrogen and oxygen atoms in total. The molecule has 1 N–H and O–H groups in total. The van der Waals surface area contributed by atoms with Gasteiger partial charge in [0.2, 0.25) is 0 Å². The standard InChI is InChI=1S/C22H25NO6S2/c1-3-28-17-10-8-16(9-11-17)23-21(24)15(2)29-22(25)19-6-4-5-7-20(19)30-18-12-13-31(26,27)14-18/h4-11,15,18H,3,12-14H2,1-2H3,(H,23,24). The summed E-state index contributed by atoms with van der Waals surface area (Å²) >= 11 is 1.36. The van der Waals surface area contributed by atoms with Crippen molar-refractivity contribution in [3.8, 4) is 5.75 Å². The van der Waals surface area contributed by atoms with E-state index in [1.54, 1.807) is 48.5 Å². The van der Waals surface area contributed by atoms with Gasteiger partial charge in [-0.3, -0.25) is 4.79 Å². The molecular weight excluding hydrogens is 438 g/mol. The van der Waals surface area contributed by atoms with Gasteiger partial charge < -0.3 is 14.8 Å². The van der Waals surface area contributed by atoms with Crippen LogP contribution in [0.3, 0.4) is 0 Å². The number of benzene rings is 2. The molecule has 2 aromatic carbocycles. The molecule has 2 atom stereocenters. The predicted octanol–water partition coefficient (Wildman–Crippen LogP) is 3.55. The van der Waals surface area contributed by atoms with E-state index in [4.69, 9.17) is 9.47 Å². The van der Waals surface area contributed by atoms with Crippen LogP contribution in [0.5, 0.6) is 5.75 Å². The molecule has 31 heavy (non-hydrogen) atoms. The van der Waals surface area contributed by atoms with Gasteiger partial charge in [-0.15, -0.1) is 11.8 Å². The van der Waals surface area contributed by atoms with E-state index in [2.05, 4.69) is 5.32 Å². The third kappa shape index (κ3) is 6.48. The summed E-state index contributed by atoms with van der Waals surface area (Å²) in [7, 11) is -3.01. The van der Waals surface area contributed by atoms with Crippen LogP contribution in [0, 0.1) is 0 Å². The first-order valence-electron chi connectivity index (χ1n) is 9.98. The minimum absolute atomic E-state index is 0.0978. The largest absolute Gasteiger partial charge is 0.494 e. The number of carbonyl (C=O) groups is 2. The lowest BCUT2D eigenvalue weighted by Gasteiger charge is -2.16. The van der Waals surface area contributed by atoms with Crippen LogP contribution in [0.4, 0.5) is 5.69 Å². The van der Waals surface area contributed by atoms with E-state index in [1.807, 2.05) is 6.92 Å². The van der Waals surface area contributed by atoms with Crippen molar-refractivity contribution in [2.75, 3.05) is 23.4 Å². The summed E-state index contributed by atoms with van der Waals surface area (Å²) in [4.78, 5) is 25.8. The Labute approximate surface area is 186 Å². The number of hydrogen-bond donors (Lipinski definition) is 1. The summed E-state index contributed by atoms with van der Waals surface area (Å²) in [6, 6.07) is 13.8. The highest BCUT2D eigenvalue weighted by atomic mass is 32.2. The van der Waals surface area contributed by atoms with Gasteiger partial charge in [-0.2, -0.15) is 0 Å². The molecule has 0 radical (unpaired) electrons. The van der Waals surface area contributed by atoms with E-state index in [0.717, 1.165) is 0 Å². The molecule has 0 aromatic heterocycles. The molecule has 1 fully saturated rings. The minimum atomic E-state index is -3.01. The van der Waals surface area contributed by atoms with E-state index in [-0.39, 0.29) is 16.8 Å². The number of sulfone groups is 1. The van der Waals surface area contributed by atoms with E-state index in [9.17, 15) is 18.0 Å². The molecule has 0 spiro atoms. The van der Waals surface area contributed by atoms with Crippen molar-refractivity contribution in [3.63, 3.8) is 0 Å². The van der Waals surface area contributed by atoms with Crippen molar-refractivity contribution >= 4 is 39.2 Å². The molecule has 1 heterocycles. The van der Waals surface area contributed by atoms with Crippen LogP contribution >= 0.6 is 11.8 Å². The van der Waals surface area contributed by atoms with E-state index in [0.29, 0.717) is 34.9 Å². The normalized spacial score (nSPS) is 18.2. The molecule has 3 rings (SSSR count). The maximum atomic E-state index is 12.7. The summed E-state index contributed by atoms with van der Waals surface area (Å²) in [6.07, 6.45) is -0.457. The first-order chi connectivity index (χ1) is 14.8. The van der Waals surface area contributed by atoms with Crippen molar-refractivity contribution < 1.29 is 27.5 Å². The average Bonchev–Trinajstić information content (AvgIpc) is 3.08. The van der Waals surface area contributed by atoms with Gasteiger partial charge in [0, 0.05) is 15.8 Å². The summed E-state index contributed by atoms with van der Waals surface area (Å²) < 4.78 is 34.2. The molecule has 166 valence electrons. The Morgan fingerprint density at radius 1 is 1.16 bits per heavy atom. The smallest absolute Gasteiger partial charge is 0.340 e. The number of esters is 1. The van der Waals surface area contributed by atoms with Gasteiger partial charge in [-0.05, 0) is 56.7 Å². The second-order valence-electron chi connectivity index (χ2n) is 7.13. The average molecular weight is 464 g/mol. The quantitative estimate of drug-likeness (QED) is 0.598. The number of carbonyl (C=O) groups excluding carboxylic acids is 2. The third-order valence-electron chi connectivity index (χ3n) is 4.68. The number of ether oxygens (including phenoxy) is 2. The highest BCUT2D eigenvalue weighted by molar-refractivity contribution is 8.02. The molecule has 2 aromatic rings. The van der Waals surface area contributed by atoms with Crippen LogP contribution in [-0.4, -0.2) is 49.8 Å². The molecule has 9 heteroatoms. The Kier molecular flexibility index (Phi) is 7.61. The van der Waals surface area contributed by atoms with Crippen molar-refractivity contribution in [1.29, 1.82) is 0 Å². The molecule has 1 amide bonds. The molecule has 0 bridgehead atoms. The summed E-state index contributed by atoms with van der Waals surface area (Å²) in [5.41, 5.74) is 0.882. The number of anilines is 1. The van der Waals surface area contributed by atoms with Crippen LogP contribution in [0.1, 0.15) is 30.6 Å². The molecule has 0 saturated carbocycles. The van der Waals surface area contributed by atoms with Gasteiger partial charge in [-0.25, -0.2) is 13.2 Å². The second kappa shape index (κ2) is 10.2. The van der Waals surface area contributed by atoms with Crippen molar-refractivity contribution in [1.82, 2.24) is 0 Å². The Balaban J connectivity index is 1.61. The van der Waals surface area contributed by atoms with Gasteiger partial charge in [0.15, 0.2) is 15.9 Å². The van der Waals surface area contributed by atoms with Crippen molar-refractivity contribution in [2.45, 2.75) is 36.5 Å². The first-order valence-corrected chi connectivity index (χ1v) is 12.7. The SMILES string of the molecule is CCOc1ccc(NC(=O)C(C)OC(=O)c2ccccc2SC2CCS(=O)(=O)C2)cc1. The van der Waals surface area contributed by atoms with Gasteiger partial charge in [0.1, 0.15) is 5.75 Å². The molecule has 1 aliphatic heterocycles. The first kappa shape index (κ1) is 23.1. The van der Waals surface area contributed by atoms with Gasteiger partial charge in [-0.1, -0.05) is 12.1 Å². The zero-order valence-corrected chi connectivity index (χ0v) is 19.0. The summed E-state index contributed by atoms with van der Waals surface area (Å²) in [5.74, 6) is -0.117. The summed E-state index contributed by atoms with van der Waals surface area (Å²) in [5, 5.41) is 2.61. The van der Waals surface area contributed by atoms with Crippen LogP contribution in [-0.2, 0) is 19.4 Å². The third-order valence-corrected chi connectivity index (χ3v) is 8.00. The molecular formula is C22H25NO6S2. The monoisotopic (exact) mass is 463 g/mol. The lowest BCUT2D eigenvalue weighted by molar-refractivity contribution is -0.123. The van der Waals surface area contributed by atoms with Gasteiger partial charge >= 0.3 is 5.97 Å². The molecule has 1 aliphatic rings. The summed E-state index contributed by atoms with van der Waals surface area (Å²) in [6.45, 7) is 3.94. The van der Waals surface area contributed by atoms with Crippen molar-refractivity contribution in [3.05, 3.63) is 54.1 Å². The Hall–Kier alpha value is -2.52. The number of rotatable bonds is 8. The number of hydrogen-bond acceptors (Lipinski definition) is 7. The van der Waals surface area contributed by atoms with Crippen LogP contribution in [0.25, 0.3) is 0 Å². The predicted molar refractivity (Wildman–Crippen MR) is 120 cm³/mol. The minimum Gasteiger partial charge on any atom is -0.494 e. The lowest BCUT2D eigenvalue weighted by atomic mass is 10.2. The molecule has 1 saturated heterocycles. The number of thioether (sulfide) groups is 1. The lowest BCUT2D eigenvalue weighted by Crippen LogP contribution is -2.30. The Morgan fingerprint density at radius 2 is 1.87 bits per heavy atom. The van der Waals surface area contributed by atoms with Gasteiger partial charge in [0.05, 0.1) is 23.7 Å². The molecule has 0 aliphatic carbocycles. The fraction of sp³-hybridized carbons (Fsp3) is 0.364. The van der Waals surface area contributed by atoms with Crippen LogP contribution in [0.2, 0.25) is 0 Å². The zero-order valence-electron chi connectivity index (χ0n) is 17.4. The van der Waals surface area contributed by atoms with E-state index in [1.165, 1.54) is 18.7 Å². The van der Waals surface area contributed by atoms with Crippen LogP contribution < -0.4 is 10.1 Å². The van der Waals surface area contributed by atoms with E-state index >= 15 is 0 Å². The molecule has 2 unspecified atom stereocenters. The van der Waals surface area contributed by atoms with E-state index < -0.39 is 27.8 Å². The highest BCUT2D eigenvalue weighted by Crippen LogP contribution is 2.33.